The van der Waals surface area contributed by atoms with Crippen LogP contribution in [0.5, 0.6) is 0 Å². The van der Waals surface area contributed by atoms with E-state index in [0.29, 0.717) is 6.42 Å². The number of esters is 1. The van der Waals surface area contributed by atoms with Crippen molar-refractivity contribution in [3.63, 3.8) is 0 Å². The summed E-state index contributed by atoms with van der Waals surface area (Å²) in [7, 11) is 0. The number of hydrogen-bond donors (Lipinski definition) is 2. The second-order valence-electron chi connectivity index (χ2n) is 7.91. The van der Waals surface area contributed by atoms with E-state index in [-0.39, 0.29) is 33.8 Å². The van der Waals surface area contributed by atoms with E-state index in [9.17, 15) is 29.1 Å². The van der Waals surface area contributed by atoms with Gasteiger partial charge in [0.05, 0.1) is 41.4 Å². The normalized spacial score (nSPS) is 15.2. The van der Waals surface area contributed by atoms with Gasteiger partial charge in [0.15, 0.2) is 0 Å². The summed E-state index contributed by atoms with van der Waals surface area (Å²) >= 11 is 0. The molecule has 2 N–H and O–H groups in total. The Morgan fingerprint density at radius 3 is 2.57 bits per heavy atom. The highest BCUT2D eigenvalue weighted by Crippen LogP contribution is 2.30. The zero-order valence-corrected chi connectivity index (χ0v) is 19.3. The topological polar surface area (TPSA) is 141 Å². The van der Waals surface area contributed by atoms with Crippen LogP contribution in [0, 0.1) is 17.1 Å². The smallest absolute Gasteiger partial charge is 0.350 e. The molecule has 1 aliphatic rings. The fraction of sp³-hybridized carbons (Fsp3) is 0.280. The Morgan fingerprint density at radius 2 is 1.97 bits per heavy atom. The van der Waals surface area contributed by atoms with Crippen molar-refractivity contribution in [3.8, 4) is 6.07 Å². The minimum Gasteiger partial charge on any atom is -0.479 e. The lowest BCUT2D eigenvalue weighted by atomic mass is 9.92. The van der Waals surface area contributed by atoms with Crippen molar-refractivity contribution in [2.24, 2.45) is 9.98 Å². The standard InChI is InChI=1S/C25H23FN4O5/c1-4-14(2)35-24(34)25(23(32)33,30-15(3)31)21-13-28-22(17-7-5-6-8-19(17)26)18-11-16(12-27)9-10-20(18)29-21/h5-11,14H,4,13H2,1-3H3,(H,30,31)(H,32,33). The van der Waals surface area contributed by atoms with Gasteiger partial charge >= 0.3 is 11.9 Å². The molecule has 3 rings (SSSR count). The fourth-order valence-electron chi connectivity index (χ4n) is 3.52. The maximum absolute atomic E-state index is 14.7. The Bertz CT molecular complexity index is 1300. The SMILES string of the molecule is CCC(C)OC(=O)C(NC(C)=O)(C(=O)O)C1=Nc2ccc(C#N)cc2C(c2ccccc2F)=NC1. The number of carbonyl (C=O) groups is 3. The summed E-state index contributed by atoms with van der Waals surface area (Å²) in [6.45, 7) is 3.92. The quantitative estimate of drug-likeness (QED) is 0.463. The highest BCUT2D eigenvalue weighted by atomic mass is 19.1. The van der Waals surface area contributed by atoms with Crippen molar-refractivity contribution in [2.45, 2.75) is 38.8 Å². The second-order valence-corrected chi connectivity index (χ2v) is 7.91. The number of nitrogens with one attached hydrogen (secondary N) is 1. The van der Waals surface area contributed by atoms with Gasteiger partial charge in [0.25, 0.3) is 5.54 Å². The Morgan fingerprint density at radius 1 is 1.26 bits per heavy atom. The molecule has 9 nitrogen and oxygen atoms in total. The summed E-state index contributed by atoms with van der Waals surface area (Å²) in [5.74, 6) is -4.34. The third-order valence-corrected chi connectivity index (χ3v) is 5.46. The Hall–Kier alpha value is -4.39. The van der Waals surface area contributed by atoms with E-state index >= 15 is 0 Å². The lowest BCUT2D eigenvalue weighted by molar-refractivity contribution is -0.163. The second kappa shape index (κ2) is 10.3. The number of aliphatic imine (C=N–C) groups is 2. The molecule has 10 heteroatoms. The van der Waals surface area contributed by atoms with Crippen LogP contribution in [-0.4, -0.2) is 52.6 Å². The summed E-state index contributed by atoms with van der Waals surface area (Å²) in [6.07, 6.45) is -0.229. The first kappa shape index (κ1) is 25.2. The van der Waals surface area contributed by atoms with Gasteiger partial charge in [-0.15, -0.1) is 0 Å². The van der Waals surface area contributed by atoms with E-state index in [0.717, 1.165) is 6.92 Å². The van der Waals surface area contributed by atoms with Gasteiger partial charge in [0.1, 0.15) is 5.82 Å². The number of carboxylic acid groups (broad SMARTS) is 1. The van der Waals surface area contributed by atoms with E-state index in [4.69, 9.17) is 4.74 Å². The number of halogens is 1. The number of nitriles is 1. The Balaban J connectivity index is 2.29. The third kappa shape index (κ3) is 4.94. The number of ether oxygens (including phenoxy) is 1. The molecule has 180 valence electrons. The molecule has 2 aromatic rings. The number of benzene rings is 2. The molecule has 0 bridgehead atoms. The number of aliphatic carboxylic acids is 1. The van der Waals surface area contributed by atoms with Crippen LogP contribution in [0.2, 0.25) is 0 Å². The van der Waals surface area contributed by atoms with Crippen LogP contribution in [-0.2, 0) is 19.1 Å². The number of rotatable bonds is 7. The van der Waals surface area contributed by atoms with Crippen LogP contribution in [0.1, 0.15) is 43.9 Å². The molecule has 0 spiro atoms. The zero-order chi connectivity index (χ0) is 25.8. The van der Waals surface area contributed by atoms with E-state index in [1.807, 2.05) is 6.07 Å². The minimum absolute atomic E-state index is 0.0999. The number of fused-ring (bicyclic) bond motifs is 1. The first-order chi connectivity index (χ1) is 16.6. The van der Waals surface area contributed by atoms with Crippen LogP contribution >= 0.6 is 0 Å². The lowest BCUT2D eigenvalue weighted by Crippen LogP contribution is -2.66. The molecule has 1 heterocycles. The molecule has 0 radical (unpaired) electrons. The summed E-state index contributed by atoms with van der Waals surface area (Å²) in [5, 5.41) is 21.7. The van der Waals surface area contributed by atoms with Crippen molar-refractivity contribution in [3.05, 3.63) is 65.0 Å². The van der Waals surface area contributed by atoms with Gasteiger partial charge in [-0.25, -0.2) is 14.0 Å². The first-order valence-electron chi connectivity index (χ1n) is 10.8. The van der Waals surface area contributed by atoms with Gasteiger partial charge < -0.3 is 15.2 Å². The van der Waals surface area contributed by atoms with Crippen LogP contribution in [0.4, 0.5) is 10.1 Å². The molecule has 1 amide bonds. The maximum Gasteiger partial charge on any atom is 0.350 e. The molecule has 35 heavy (non-hydrogen) atoms. The zero-order valence-electron chi connectivity index (χ0n) is 19.3. The molecule has 2 aromatic carbocycles. The van der Waals surface area contributed by atoms with Crippen molar-refractivity contribution in [2.75, 3.05) is 6.54 Å². The number of hydrogen-bond acceptors (Lipinski definition) is 7. The molecule has 0 fully saturated rings. The van der Waals surface area contributed by atoms with E-state index in [2.05, 4.69) is 15.3 Å². The minimum atomic E-state index is -2.67. The summed E-state index contributed by atoms with van der Waals surface area (Å²) in [6, 6.07) is 12.2. The van der Waals surface area contributed by atoms with Gasteiger partial charge in [0, 0.05) is 18.1 Å². The fourth-order valence-corrected chi connectivity index (χ4v) is 3.52. The summed E-state index contributed by atoms with van der Waals surface area (Å²) in [4.78, 5) is 46.6. The first-order valence-corrected chi connectivity index (χ1v) is 10.8. The lowest BCUT2D eigenvalue weighted by Gasteiger charge is -2.29. The van der Waals surface area contributed by atoms with Crippen LogP contribution < -0.4 is 5.32 Å². The molecular formula is C25H23FN4O5. The van der Waals surface area contributed by atoms with E-state index < -0.39 is 41.9 Å². The van der Waals surface area contributed by atoms with Crippen molar-refractivity contribution < 1.29 is 28.6 Å². The predicted molar refractivity (Wildman–Crippen MR) is 125 cm³/mol. The van der Waals surface area contributed by atoms with Gasteiger partial charge in [0.2, 0.25) is 5.91 Å². The Kier molecular flexibility index (Phi) is 7.40. The highest BCUT2D eigenvalue weighted by molar-refractivity contribution is 6.30. The predicted octanol–water partition coefficient (Wildman–Crippen LogP) is 2.92. The molecule has 0 aromatic heterocycles. The van der Waals surface area contributed by atoms with Gasteiger partial charge in [-0.2, -0.15) is 5.26 Å². The van der Waals surface area contributed by atoms with Crippen molar-refractivity contribution >= 4 is 35.0 Å². The largest absolute Gasteiger partial charge is 0.479 e. The number of amides is 1. The van der Waals surface area contributed by atoms with Crippen LogP contribution in [0.25, 0.3) is 0 Å². The summed E-state index contributed by atoms with van der Waals surface area (Å²) < 4.78 is 20.0. The van der Waals surface area contributed by atoms with E-state index in [1.165, 1.54) is 36.4 Å². The van der Waals surface area contributed by atoms with E-state index in [1.54, 1.807) is 19.9 Å². The molecule has 1 aliphatic heterocycles. The highest BCUT2D eigenvalue weighted by Gasteiger charge is 2.54. The number of carboxylic acids is 1. The molecule has 2 atom stereocenters. The van der Waals surface area contributed by atoms with Gasteiger partial charge in [-0.3, -0.25) is 14.8 Å². The maximum atomic E-state index is 14.7. The average molecular weight is 478 g/mol. The van der Waals surface area contributed by atoms with Crippen molar-refractivity contribution in [1.29, 1.82) is 5.26 Å². The molecule has 2 unspecified atom stereocenters. The monoisotopic (exact) mass is 478 g/mol. The molecular weight excluding hydrogens is 455 g/mol. The van der Waals surface area contributed by atoms with Gasteiger partial charge in [-0.05, 0) is 43.7 Å². The summed E-state index contributed by atoms with van der Waals surface area (Å²) in [5.41, 5.74) is -2.13. The Labute approximate surface area is 201 Å². The van der Waals surface area contributed by atoms with Crippen LogP contribution in [0.3, 0.4) is 0 Å². The third-order valence-electron chi connectivity index (χ3n) is 5.46. The average Bonchev–Trinajstić information content (AvgIpc) is 3.01. The molecule has 0 saturated carbocycles. The van der Waals surface area contributed by atoms with Gasteiger partial charge in [-0.1, -0.05) is 19.1 Å². The molecule has 0 aliphatic carbocycles. The number of carbonyl (C=O) groups excluding carboxylic acids is 2. The van der Waals surface area contributed by atoms with Crippen molar-refractivity contribution in [1.82, 2.24) is 5.32 Å². The van der Waals surface area contributed by atoms with Crippen LogP contribution in [0.15, 0.2) is 52.4 Å². The molecule has 0 saturated heterocycles. The number of nitrogens with zero attached hydrogens (tertiary/aromatic N) is 3.